The fourth-order valence-corrected chi connectivity index (χ4v) is 8.33. The minimum atomic E-state index is -0.219. The van der Waals surface area contributed by atoms with Gasteiger partial charge in [-0.1, -0.05) is 52.5 Å². The van der Waals surface area contributed by atoms with Crippen molar-refractivity contribution in [1.82, 2.24) is 0 Å². The molecule has 3 heteroatoms. The lowest BCUT2D eigenvalue weighted by atomic mass is 9.52. The van der Waals surface area contributed by atoms with Crippen LogP contribution in [0.1, 0.15) is 105 Å². The Hall–Kier alpha value is -1.12. The molecule has 0 aromatic heterocycles. The van der Waals surface area contributed by atoms with Gasteiger partial charge in [0.1, 0.15) is 6.10 Å². The van der Waals surface area contributed by atoms with Crippen LogP contribution in [0.4, 0.5) is 0 Å². The Morgan fingerprint density at radius 1 is 1.10 bits per heavy atom. The molecule has 0 heterocycles. The lowest BCUT2D eigenvalue weighted by Gasteiger charge is -2.53. The fourth-order valence-electron chi connectivity index (χ4n) is 8.33. The monoisotopic (exact) mass is 428 g/mol. The minimum absolute atomic E-state index is 0.0897. The number of carbonyl (C=O) groups is 2. The summed E-state index contributed by atoms with van der Waals surface area (Å²) < 4.78 is 5.47. The molecule has 31 heavy (non-hydrogen) atoms. The molecular weight excluding hydrogens is 384 g/mol. The van der Waals surface area contributed by atoms with Gasteiger partial charge in [0, 0.05) is 19.8 Å². The van der Waals surface area contributed by atoms with Crippen molar-refractivity contribution in [2.24, 2.45) is 40.9 Å². The van der Waals surface area contributed by atoms with Crippen LogP contribution in [0, 0.1) is 40.9 Å². The fraction of sp³-hybridized carbons (Fsp3) is 0.857. The highest BCUT2D eigenvalue weighted by molar-refractivity contribution is 5.97. The maximum Gasteiger partial charge on any atom is 0.302 e. The molecule has 7 atom stereocenters. The maximum absolute atomic E-state index is 13.2. The Labute approximate surface area is 189 Å². The van der Waals surface area contributed by atoms with E-state index in [1.54, 1.807) is 0 Å². The van der Waals surface area contributed by atoms with Crippen LogP contribution < -0.4 is 0 Å². The lowest BCUT2D eigenvalue weighted by molar-refractivity contribution is -0.147. The molecule has 2 saturated carbocycles. The van der Waals surface area contributed by atoms with Crippen molar-refractivity contribution in [3.05, 3.63) is 11.1 Å². The summed E-state index contributed by atoms with van der Waals surface area (Å²) in [7, 11) is 0. The van der Waals surface area contributed by atoms with Crippen LogP contribution in [0.15, 0.2) is 11.1 Å². The van der Waals surface area contributed by atoms with Crippen molar-refractivity contribution in [3.63, 3.8) is 0 Å². The second-order valence-corrected chi connectivity index (χ2v) is 12.0. The van der Waals surface area contributed by atoms with Crippen LogP contribution in [0.5, 0.6) is 0 Å². The molecule has 0 aromatic rings. The lowest BCUT2D eigenvalue weighted by Crippen LogP contribution is -2.46. The molecule has 2 fully saturated rings. The van der Waals surface area contributed by atoms with Crippen LogP contribution >= 0.6 is 0 Å². The second kappa shape index (κ2) is 9.02. The summed E-state index contributed by atoms with van der Waals surface area (Å²) in [5, 5.41) is 0. The highest BCUT2D eigenvalue weighted by Crippen LogP contribution is 2.64. The summed E-state index contributed by atoms with van der Waals surface area (Å²) in [4.78, 5) is 24.6. The molecule has 0 aliphatic heterocycles. The van der Waals surface area contributed by atoms with E-state index in [0.717, 1.165) is 42.6 Å². The molecule has 3 nitrogen and oxygen atoms in total. The van der Waals surface area contributed by atoms with Crippen molar-refractivity contribution in [2.45, 2.75) is 111 Å². The van der Waals surface area contributed by atoms with Crippen LogP contribution in [-0.4, -0.2) is 17.9 Å². The first-order valence-corrected chi connectivity index (χ1v) is 13.1. The Kier molecular flexibility index (Phi) is 6.71. The summed E-state index contributed by atoms with van der Waals surface area (Å²) in [6.07, 6.45) is 12.5. The highest BCUT2D eigenvalue weighted by Gasteiger charge is 2.57. The number of ether oxygens (including phenoxy) is 1. The molecule has 174 valence electrons. The van der Waals surface area contributed by atoms with Crippen molar-refractivity contribution in [1.29, 1.82) is 0 Å². The quantitative estimate of drug-likeness (QED) is 0.432. The molecule has 0 saturated heterocycles. The van der Waals surface area contributed by atoms with Gasteiger partial charge in [0.05, 0.1) is 0 Å². The third-order valence-electron chi connectivity index (χ3n) is 9.73. The van der Waals surface area contributed by atoms with Crippen LogP contribution in [0.2, 0.25) is 0 Å². The first-order valence-electron chi connectivity index (χ1n) is 13.1. The summed E-state index contributed by atoms with van der Waals surface area (Å²) in [6.45, 7) is 11.2. The zero-order chi connectivity index (χ0) is 22.3. The number of carbonyl (C=O) groups excluding carboxylic acids is 2. The van der Waals surface area contributed by atoms with E-state index in [1.165, 1.54) is 57.4 Å². The largest absolute Gasteiger partial charge is 0.462 e. The van der Waals surface area contributed by atoms with Gasteiger partial charge in [-0.2, -0.15) is 0 Å². The topological polar surface area (TPSA) is 43.4 Å². The van der Waals surface area contributed by atoms with Gasteiger partial charge >= 0.3 is 5.97 Å². The van der Waals surface area contributed by atoms with Crippen LogP contribution in [-0.2, 0) is 14.3 Å². The van der Waals surface area contributed by atoms with Gasteiger partial charge in [0.2, 0.25) is 0 Å². The zero-order valence-electron chi connectivity index (χ0n) is 20.5. The highest BCUT2D eigenvalue weighted by atomic mass is 16.5. The average molecular weight is 429 g/mol. The van der Waals surface area contributed by atoms with Gasteiger partial charge in [-0.3, -0.25) is 9.59 Å². The number of allylic oxidation sites excluding steroid dienone is 1. The smallest absolute Gasteiger partial charge is 0.302 e. The number of fused-ring (bicyclic) bond motifs is 4. The number of hydrogen-bond donors (Lipinski definition) is 0. The molecule has 4 aliphatic rings. The maximum atomic E-state index is 13.2. The molecule has 0 spiro atoms. The minimum Gasteiger partial charge on any atom is -0.462 e. The normalized spacial score (nSPS) is 38.5. The van der Waals surface area contributed by atoms with Gasteiger partial charge in [-0.15, -0.1) is 0 Å². The van der Waals surface area contributed by atoms with Crippen molar-refractivity contribution >= 4 is 11.8 Å². The number of ketones is 1. The van der Waals surface area contributed by atoms with E-state index < -0.39 is 0 Å². The first-order chi connectivity index (χ1) is 14.7. The van der Waals surface area contributed by atoms with Gasteiger partial charge in [-0.25, -0.2) is 0 Å². The Morgan fingerprint density at radius 3 is 2.58 bits per heavy atom. The van der Waals surface area contributed by atoms with E-state index in [9.17, 15) is 9.59 Å². The van der Waals surface area contributed by atoms with Gasteiger partial charge in [-0.05, 0) is 85.0 Å². The zero-order valence-corrected chi connectivity index (χ0v) is 20.5. The number of hydrogen-bond acceptors (Lipinski definition) is 3. The number of rotatable bonds is 6. The Bertz CT molecular complexity index is 735. The van der Waals surface area contributed by atoms with Crippen molar-refractivity contribution in [3.8, 4) is 0 Å². The van der Waals surface area contributed by atoms with Crippen molar-refractivity contribution < 1.29 is 14.3 Å². The third kappa shape index (κ3) is 4.40. The van der Waals surface area contributed by atoms with E-state index in [2.05, 4.69) is 27.7 Å². The molecule has 4 rings (SSSR count). The van der Waals surface area contributed by atoms with Crippen LogP contribution in [0.25, 0.3) is 0 Å². The van der Waals surface area contributed by atoms with E-state index in [1.807, 2.05) is 0 Å². The summed E-state index contributed by atoms with van der Waals surface area (Å²) in [6, 6.07) is 0. The summed E-state index contributed by atoms with van der Waals surface area (Å²) in [5.41, 5.74) is 2.92. The Balaban J connectivity index is 1.48. The molecule has 0 bridgehead atoms. The van der Waals surface area contributed by atoms with E-state index >= 15 is 0 Å². The van der Waals surface area contributed by atoms with E-state index in [-0.39, 0.29) is 12.1 Å². The average Bonchev–Trinajstić information content (AvgIpc) is 3.05. The number of Topliss-reactive ketones (excluding diaryl/α,β-unsaturated/α-hetero) is 1. The summed E-state index contributed by atoms with van der Waals surface area (Å²) in [5.74, 6) is 4.47. The standard InChI is InChI=1S/C28H44O3/c1-17(2)7-6-8-18(3)25-11-12-26-23-16-27(30)24-15-20(31-19(4)29)9-10-21(24)22(23)13-14-28(25,26)5/h17-18,20,22-23,25-26H,6-16H2,1-5H3/t18-,20+,22-,23-,25-,26+,28-/m1/s1. The first kappa shape index (κ1) is 23.1. The molecular formula is C28H44O3. The molecule has 0 aromatic carbocycles. The second-order valence-electron chi connectivity index (χ2n) is 12.0. The molecule has 0 amide bonds. The van der Waals surface area contributed by atoms with Gasteiger partial charge in [0.15, 0.2) is 5.78 Å². The third-order valence-corrected chi connectivity index (χ3v) is 9.73. The van der Waals surface area contributed by atoms with Gasteiger partial charge in [0.25, 0.3) is 0 Å². The summed E-state index contributed by atoms with van der Waals surface area (Å²) >= 11 is 0. The van der Waals surface area contributed by atoms with Gasteiger partial charge < -0.3 is 4.74 Å². The van der Waals surface area contributed by atoms with E-state index in [0.29, 0.717) is 35.4 Å². The molecule has 0 unspecified atom stereocenters. The van der Waals surface area contributed by atoms with Crippen molar-refractivity contribution in [2.75, 3.05) is 0 Å². The van der Waals surface area contributed by atoms with E-state index in [4.69, 9.17) is 4.74 Å². The predicted octanol–water partition coefficient (Wildman–Crippen LogP) is 6.89. The molecule has 0 radical (unpaired) electrons. The molecule has 4 aliphatic carbocycles. The predicted molar refractivity (Wildman–Crippen MR) is 124 cm³/mol. The molecule has 0 N–H and O–H groups in total. The SMILES string of the molecule is CC(=O)O[C@H]1CCC2=C(C1)C(=O)C[C@@H]1[C@@H]2CC[C@]2(C)[C@@H]([C@H](C)CCCC(C)C)CC[C@@H]12. The number of esters is 1. The Morgan fingerprint density at radius 2 is 1.87 bits per heavy atom. The van der Waals surface area contributed by atoms with Crippen LogP contribution in [0.3, 0.4) is 0 Å².